The van der Waals surface area contributed by atoms with Gasteiger partial charge in [-0.15, -0.1) is 0 Å². The Morgan fingerprint density at radius 2 is 2.28 bits per heavy atom. The Bertz CT molecular complexity index is 475. The van der Waals surface area contributed by atoms with Crippen molar-refractivity contribution in [1.29, 1.82) is 0 Å². The second kappa shape index (κ2) is 5.02. The van der Waals surface area contributed by atoms with Gasteiger partial charge in [0.05, 0.1) is 11.6 Å². The zero-order valence-corrected chi connectivity index (χ0v) is 10.5. The number of hydrogen-bond donors (Lipinski definition) is 2. The molecule has 0 aliphatic heterocycles. The first-order valence-corrected chi connectivity index (χ1v) is 5.97. The van der Waals surface area contributed by atoms with Gasteiger partial charge in [-0.2, -0.15) is 0 Å². The predicted molar refractivity (Wildman–Crippen MR) is 66.6 cm³/mol. The minimum absolute atomic E-state index is 0.0696. The Kier molecular flexibility index (Phi) is 3.61. The highest BCUT2D eigenvalue weighted by molar-refractivity contribution is 6.30. The molecule has 98 valence electrons. The van der Waals surface area contributed by atoms with Crippen LogP contribution in [0.4, 0.5) is 4.39 Å². The van der Waals surface area contributed by atoms with Crippen molar-refractivity contribution in [1.82, 2.24) is 0 Å². The van der Waals surface area contributed by atoms with E-state index in [9.17, 15) is 4.39 Å². The highest BCUT2D eigenvalue weighted by Gasteiger charge is 2.44. The van der Waals surface area contributed by atoms with Crippen LogP contribution in [-0.2, 0) is 0 Å². The van der Waals surface area contributed by atoms with Gasteiger partial charge in [0.25, 0.3) is 0 Å². The fourth-order valence-electron chi connectivity index (χ4n) is 1.77. The lowest BCUT2D eigenvalue weighted by Crippen LogP contribution is -2.22. The zero-order valence-electron chi connectivity index (χ0n) is 9.70. The fraction of sp³-hybridized carbons (Fsp3) is 0.417. The summed E-state index contributed by atoms with van der Waals surface area (Å²) in [6.07, 6.45) is 2.40. The molecule has 4 nitrogen and oxygen atoms in total. The van der Waals surface area contributed by atoms with Gasteiger partial charge in [-0.1, -0.05) is 16.8 Å². The molecule has 0 radical (unpaired) electrons. The molecule has 0 unspecified atom stereocenters. The quantitative estimate of drug-likeness (QED) is 0.375. The van der Waals surface area contributed by atoms with Gasteiger partial charge in [0.15, 0.2) is 0 Å². The maximum absolute atomic E-state index is 13.2. The third-order valence-corrected chi connectivity index (χ3v) is 3.38. The summed E-state index contributed by atoms with van der Waals surface area (Å²) < 4.78 is 18.7. The Labute approximate surface area is 109 Å². The monoisotopic (exact) mass is 272 g/mol. The summed E-state index contributed by atoms with van der Waals surface area (Å²) in [5.74, 6) is 0.122. The van der Waals surface area contributed by atoms with Crippen LogP contribution in [0.5, 0.6) is 5.75 Å². The Balaban J connectivity index is 1.93. The standard InChI is InChI=1S/C12H14ClFN2O2/c13-9-2-1-8(5-10(9)14)18-7-12(3-4-12)6-11(15)16-17/h1-2,5,17H,3-4,6-7H2,(H2,15,16). The van der Waals surface area contributed by atoms with E-state index in [0.717, 1.165) is 12.8 Å². The van der Waals surface area contributed by atoms with Crippen molar-refractivity contribution in [3.63, 3.8) is 0 Å². The van der Waals surface area contributed by atoms with Crippen LogP contribution in [0, 0.1) is 11.2 Å². The van der Waals surface area contributed by atoms with Crippen LogP contribution in [0.3, 0.4) is 0 Å². The van der Waals surface area contributed by atoms with Crippen LogP contribution in [0.15, 0.2) is 23.4 Å². The molecule has 0 heterocycles. The van der Waals surface area contributed by atoms with Gasteiger partial charge in [0, 0.05) is 17.9 Å². The fourth-order valence-corrected chi connectivity index (χ4v) is 1.89. The molecule has 1 aromatic rings. The maximum atomic E-state index is 13.2. The van der Waals surface area contributed by atoms with Gasteiger partial charge < -0.3 is 15.7 Å². The molecular formula is C12H14ClFN2O2. The number of nitrogens with two attached hydrogens (primary N) is 1. The van der Waals surface area contributed by atoms with Crippen molar-refractivity contribution in [2.24, 2.45) is 16.3 Å². The van der Waals surface area contributed by atoms with Gasteiger partial charge in [0.2, 0.25) is 0 Å². The predicted octanol–water partition coefficient (Wildman–Crippen LogP) is 2.77. The zero-order chi connectivity index (χ0) is 13.2. The van der Waals surface area contributed by atoms with E-state index in [1.165, 1.54) is 12.1 Å². The molecule has 0 spiro atoms. The Morgan fingerprint density at radius 1 is 1.56 bits per heavy atom. The van der Waals surface area contributed by atoms with Crippen molar-refractivity contribution in [2.45, 2.75) is 19.3 Å². The third-order valence-electron chi connectivity index (χ3n) is 3.08. The summed E-state index contributed by atoms with van der Waals surface area (Å²) in [6.45, 7) is 0.421. The van der Waals surface area contributed by atoms with E-state index in [4.69, 9.17) is 27.3 Å². The number of benzene rings is 1. The second-order valence-corrected chi connectivity index (χ2v) is 5.04. The van der Waals surface area contributed by atoms with Crippen LogP contribution in [0.1, 0.15) is 19.3 Å². The van der Waals surface area contributed by atoms with Crippen molar-refractivity contribution >= 4 is 17.4 Å². The van der Waals surface area contributed by atoms with E-state index in [0.29, 0.717) is 18.8 Å². The molecule has 1 aliphatic rings. The van der Waals surface area contributed by atoms with E-state index in [1.54, 1.807) is 6.07 Å². The molecular weight excluding hydrogens is 259 g/mol. The van der Waals surface area contributed by atoms with Crippen molar-refractivity contribution < 1.29 is 14.3 Å². The SMILES string of the molecule is N/C(CC1(COc2ccc(Cl)c(F)c2)CC1)=N/O. The lowest BCUT2D eigenvalue weighted by atomic mass is 10.0. The average molecular weight is 273 g/mol. The van der Waals surface area contributed by atoms with E-state index in [1.807, 2.05) is 0 Å². The molecule has 0 atom stereocenters. The summed E-state index contributed by atoms with van der Waals surface area (Å²) in [6, 6.07) is 4.32. The van der Waals surface area contributed by atoms with Gasteiger partial charge in [-0.3, -0.25) is 0 Å². The first-order valence-electron chi connectivity index (χ1n) is 5.59. The normalized spacial score (nSPS) is 17.6. The molecule has 1 saturated carbocycles. The first kappa shape index (κ1) is 13.0. The molecule has 0 aromatic heterocycles. The minimum atomic E-state index is -0.504. The molecule has 0 bridgehead atoms. The second-order valence-electron chi connectivity index (χ2n) is 4.63. The first-order chi connectivity index (χ1) is 8.54. The van der Waals surface area contributed by atoms with E-state index < -0.39 is 5.82 Å². The Hall–Kier alpha value is -1.49. The maximum Gasteiger partial charge on any atom is 0.145 e. The van der Waals surface area contributed by atoms with Crippen LogP contribution in [0.2, 0.25) is 5.02 Å². The third kappa shape index (κ3) is 3.04. The number of hydrogen-bond acceptors (Lipinski definition) is 3. The number of halogens is 2. The van der Waals surface area contributed by atoms with Gasteiger partial charge >= 0.3 is 0 Å². The highest BCUT2D eigenvalue weighted by Crippen LogP contribution is 2.49. The minimum Gasteiger partial charge on any atom is -0.493 e. The van der Waals surface area contributed by atoms with Crippen LogP contribution >= 0.6 is 11.6 Å². The van der Waals surface area contributed by atoms with Crippen LogP contribution in [-0.4, -0.2) is 17.6 Å². The number of rotatable bonds is 5. The molecule has 1 aliphatic carbocycles. The topological polar surface area (TPSA) is 67.8 Å². The van der Waals surface area contributed by atoms with Crippen molar-refractivity contribution in [3.05, 3.63) is 29.0 Å². The van der Waals surface area contributed by atoms with Crippen LogP contribution < -0.4 is 10.5 Å². The van der Waals surface area contributed by atoms with Gasteiger partial charge in [-0.05, 0) is 25.0 Å². The molecule has 2 rings (SSSR count). The molecule has 0 amide bonds. The summed E-state index contributed by atoms with van der Waals surface area (Å²) in [5.41, 5.74) is 5.40. The largest absolute Gasteiger partial charge is 0.493 e. The Morgan fingerprint density at radius 3 is 2.83 bits per heavy atom. The summed E-state index contributed by atoms with van der Waals surface area (Å²) >= 11 is 5.58. The van der Waals surface area contributed by atoms with E-state index in [-0.39, 0.29) is 16.3 Å². The molecule has 3 N–H and O–H groups in total. The lowest BCUT2D eigenvalue weighted by molar-refractivity contribution is 0.235. The molecule has 18 heavy (non-hydrogen) atoms. The summed E-state index contributed by atoms with van der Waals surface area (Å²) in [4.78, 5) is 0. The smallest absolute Gasteiger partial charge is 0.145 e. The summed E-state index contributed by atoms with van der Waals surface area (Å²) in [7, 11) is 0. The van der Waals surface area contributed by atoms with Gasteiger partial charge in [0.1, 0.15) is 17.4 Å². The number of nitrogens with zero attached hydrogens (tertiary/aromatic N) is 1. The number of amidine groups is 1. The summed E-state index contributed by atoms with van der Waals surface area (Å²) in [5, 5.41) is 11.6. The number of oxime groups is 1. The molecule has 0 saturated heterocycles. The van der Waals surface area contributed by atoms with E-state index in [2.05, 4.69) is 5.16 Å². The van der Waals surface area contributed by atoms with Crippen molar-refractivity contribution in [3.8, 4) is 5.75 Å². The highest BCUT2D eigenvalue weighted by atomic mass is 35.5. The lowest BCUT2D eigenvalue weighted by Gasteiger charge is -2.15. The van der Waals surface area contributed by atoms with E-state index >= 15 is 0 Å². The molecule has 1 fully saturated rings. The van der Waals surface area contributed by atoms with Crippen molar-refractivity contribution in [2.75, 3.05) is 6.61 Å². The van der Waals surface area contributed by atoms with Gasteiger partial charge in [-0.25, -0.2) is 4.39 Å². The average Bonchev–Trinajstić information content (AvgIpc) is 3.11. The molecule has 6 heteroatoms. The molecule has 1 aromatic carbocycles. The number of ether oxygens (including phenoxy) is 1. The van der Waals surface area contributed by atoms with Crippen LogP contribution in [0.25, 0.3) is 0 Å².